The third-order valence-electron chi connectivity index (χ3n) is 5.33. The van der Waals surface area contributed by atoms with Gasteiger partial charge in [0.25, 0.3) is 5.91 Å². The minimum absolute atomic E-state index is 0.0658. The summed E-state index contributed by atoms with van der Waals surface area (Å²) in [5.74, 6) is -0.151. The van der Waals surface area contributed by atoms with E-state index < -0.39 is 0 Å². The standard InChI is InChI=1S/C25H26Cl2N2O3S2/c1-4-5-6-11-29(3)25(32)22-10-9-21(34-22)20(30)13-28-15(2)17-14-33-24(23(17)31)16-7-8-18(26)19(27)12-16/h7-10,12,14,31H,4-6,11,13H2,1-3H3. The zero-order valence-corrected chi connectivity index (χ0v) is 22.4. The summed E-state index contributed by atoms with van der Waals surface area (Å²) in [5, 5.41) is 13.4. The van der Waals surface area contributed by atoms with Crippen molar-refractivity contribution in [1.82, 2.24) is 4.90 Å². The third kappa shape index (κ3) is 6.27. The Morgan fingerprint density at radius 2 is 1.82 bits per heavy atom. The number of halogens is 2. The average molecular weight is 538 g/mol. The molecule has 0 spiro atoms. The van der Waals surface area contributed by atoms with Crippen LogP contribution >= 0.6 is 45.9 Å². The fourth-order valence-electron chi connectivity index (χ4n) is 3.30. The molecule has 0 aliphatic rings. The number of carbonyl (C=O) groups is 2. The van der Waals surface area contributed by atoms with Gasteiger partial charge in [0.1, 0.15) is 12.3 Å². The number of carbonyl (C=O) groups excluding carboxylic acids is 2. The van der Waals surface area contributed by atoms with Crippen LogP contribution in [0.4, 0.5) is 0 Å². The summed E-state index contributed by atoms with van der Waals surface area (Å²) in [6.45, 7) is 4.51. The van der Waals surface area contributed by atoms with Crippen LogP contribution in [-0.4, -0.2) is 47.5 Å². The summed E-state index contributed by atoms with van der Waals surface area (Å²) in [7, 11) is 1.78. The second-order valence-corrected chi connectivity index (χ2v) is 10.7. The SMILES string of the molecule is CCCCCN(C)C(=O)c1ccc(C(=O)CN=C(C)c2csc(-c3ccc(Cl)c(Cl)c3)c2O)s1. The van der Waals surface area contributed by atoms with Crippen LogP contribution in [0.3, 0.4) is 0 Å². The molecule has 2 heterocycles. The van der Waals surface area contributed by atoms with E-state index in [0.29, 0.717) is 42.5 Å². The fourth-order valence-corrected chi connectivity index (χ4v) is 5.53. The molecule has 0 atom stereocenters. The number of Topliss-reactive ketones (excluding diaryl/α,β-unsaturated/α-hetero) is 1. The first kappa shape index (κ1) is 26.4. The number of amides is 1. The van der Waals surface area contributed by atoms with Gasteiger partial charge in [0, 0.05) is 30.2 Å². The van der Waals surface area contributed by atoms with E-state index in [-0.39, 0.29) is 24.0 Å². The first-order valence-electron chi connectivity index (χ1n) is 10.9. The van der Waals surface area contributed by atoms with Crippen molar-refractivity contribution >= 4 is 63.3 Å². The van der Waals surface area contributed by atoms with Crippen molar-refractivity contribution in [3.05, 3.63) is 61.1 Å². The minimum Gasteiger partial charge on any atom is -0.506 e. The van der Waals surface area contributed by atoms with Gasteiger partial charge in [-0.3, -0.25) is 14.6 Å². The molecule has 180 valence electrons. The van der Waals surface area contributed by atoms with Crippen LogP contribution in [0.5, 0.6) is 5.75 Å². The molecule has 0 fully saturated rings. The lowest BCUT2D eigenvalue weighted by Gasteiger charge is -2.15. The Morgan fingerprint density at radius 1 is 1.09 bits per heavy atom. The molecular formula is C25H26Cl2N2O3S2. The van der Waals surface area contributed by atoms with Crippen molar-refractivity contribution in [2.24, 2.45) is 4.99 Å². The van der Waals surface area contributed by atoms with E-state index in [0.717, 1.165) is 24.8 Å². The second-order valence-electron chi connectivity index (χ2n) is 7.88. The molecule has 2 aromatic heterocycles. The van der Waals surface area contributed by atoms with Gasteiger partial charge in [-0.2, -0.15) is 0 Å². The van der Waals surface area contributed by atoms with Gasteiger partial charge < -0.3 is 10.0 Å². The fraction of sp³-hybridized carbons (Fsp3) is 0.320. The summed E-state index contributed by atoms with van der Waals surface area (Å²) in [6.07, 6.45) is 3.14. The highest BCUT2D eigenvalue weighted by Gasteiger charge is 2.18. The van der Waals surface area contributed by atoms with Gasteiger partial charge in [-0.05, 0) is 43.2 Å². The summed E-state index contributed by atoms with van der Waals surface area (Å²) < 4.78 is 0. The first-order chi connectivity index (χ1) is 16.2. The molecule has 1 amide bonds. The van der Waals surface area contributed by atoms with E-state index in [2.05, 4.69) is 11.9 Å². The molecule has 0 bridgehead atoms. The topological polar surface area (TPSA) is 70.0 Å². The Hall–Kier alpha value is -2.19. The molecule has 0 unspecified atom stereocenters. The van der Waals surface area contributed by atoms with Gasteiger partial charge in [-0.1, -0.05) is 49.0 Å². The number of ketones is 1. The lowest BCUT2D eigenvalue weighted by atomic mass is 10.1. The Labute approximate surface area is 217 Å². The molecule has 5 nitrogen and oxygen atoms in total. The van der Waals surface area contributed by atoms with Crippen LogP contribution in [0.15, 0.2) is 40.7 Å². The molecule has 0 aliphatic heterocycles. The van der Waals surface area contributed by atoms with Crippen LogP contribution in [0.2, 0.25) is 10.0 Å². The average Bonchev–Trinajstić information content (AvgIpc) is 3.46. The minimum atomic E-state index is -0.170. The van der Waals surface area contributed by atoms with E-state index in [1.807, 2.05) is 0 Å². The molecule has 3 rings (SSSR count). The zero-order chi connectivity index (χ0) is 24.8. The second kappa shape index (κ2) is 12.0. The predicted molar refractivity (Wildman–Crippen MR) is 144 cm³/mol. The van der Waals surface area contributed by atoms with Gasteiger partial charge in [0.15, 0.2) is 5.78 Å². The number of nitrogens with zero attached hydrogens (tertiary/aromatic N) is 2. The van der Waals surface area contributed by atoms with Crippen molar-refractivity contribution in [3.8, 4) is 16.2 Å². The van der Waals surface area contributed by atoms with Gasteiger partial charge in [0.05, 0.1) is 24.7 Å². The molecule has 9 heteroatoms. The Balaban J connectivity index is 1.67. The normalized spacial score (nSPS) is 11.6. The van der Waals surface area contributed by atoms with Crippen LogP contribution in [0, 0.1) is 0 Å². The molecule has 1 N–H and O–H groups in total. The van der Waals surface area contributed by atoms with E-state index in [1.54, 1.807) is 54.6 Å². The maximum absolute atomic E-state index is 12.7. The number of rotatable bonds is 10. The highest BCUT2D eigenvalue weighted by molar-refractivity contribution is 7.16. The third-order valence-corrected chi connectivity index (χ3v) is 8.20. The number of aromatic hydroxyl groups is 1. The van der Waals surface area contributed by atoms with Crippen molar-refractivity contribution in [3.63, 3.8) is 0 Å². The maximum atomic E-state index is 12.7. The van der Waals surface area contributed by atoms with Gasteiger partial charge in [-0.25, -0.2) is 0 Å². The first-order valence-corrected chi connectivity index (χ1v) is 13.3. The molecular weight excluding hydrogens is 511 g/mol. The number of benzene rings is 1. The lowest BCUT2D eigenvalue weighted by Crippen LogP contribution is -2.26. The molecule has 34 heavy (non-hydrogen) atoms. The molecule has 0 saturated carbocycles. The van der Waals surface area contributed by atoms with Crippen LogP contribution in [0.25, 0.3) is 10.4 Å². The number of hydrogen-bond acceptors (Lipinski definition) is 6. The molecule has 3 aromatic rings. The van der Waals surface area contributed by atoms with Crippen LogP contribution in [0.1, 0.15) is 58.0 Å². The highest BCUT2D eigenvalue weighted by Crippen LogP contribution is 2.40. The largest absolute Gasteiger partial charge is 0.506 e. The van der Waals surface area contributed by atoms with E-state index in [4.69, 9.17) is 23.2 Å². The molecule has 0 aliphatic carbocycles. The molecule has 0 saturated heterocycles. The van der Waals surface area contributed by atoms with E-state index >= 15 is 0 Å². The summed E-state index contributed by atoms with van der Waals surface area (Å²) in [6, 6.07) is 8.54. The molecule has 1 aromatic carbocycles. The van der Waals surface area contributed by atoms with Crippen LogP contribution in [-0.2, 0) is 0 Å². The van der Waals surface area contributed by atoms with Gasteiger partial charge in [0.2, 0.25) is 0 Å². The number of thiophene rings is 2. The maximum Gasteiger partial charge on any atom is 0.263 e. The van der Waals surface area contributed by atoms with E-state index in [9.17, 15) is 14.7 Å². The number of unbranched alkanes of at least 4 members (excludes halogenated alkanes) is 2. The lowest BCUT2D eigenvalue weighted by molar-refractivity contribution is 0.0797. The predicted octanol–water partition coefficient (Wildman–Crippen LogP) is 7.44. The number of hydrogen-bond donors (Lipinski definition) is 1. The Kier molecular flexibility index (Phi) is 9.31. The monoisotopic (exact) mass is 536 g/mol. The van der Waals surface area contributed by atoms with Crippen molar-refractivity contribution in [2.45, 2.75) is 33.1 Å². The number of aliphatic imine (C=N–C) groups is 1. The van der Waals surface area contributed by atoms with Crippen molar-refractivity contribution in [2.75, 3.05) is 20.1 Å². The van der Waals surface area contributed by atoms with E-state index in [1.165, 1.54) is 22.7 Å². The summed E-state index contributed by atoms with van der Waals surface area (Å²) >= 11 is 14.6. The molecule has 0 radical (unpaired) electrons. The van der Waals surface area contributed by atoms with Gasteiger partial charge in [-0.15, -0.1) is 22.7 Å². The zero-order valence-electron chi connectivity index (χ0n) is 19.2. The smallest absolute Gasteiger partial charge is 0.263 e. The Morgan fingerprint density at radius 3 is 2.53 bits per heavy atom. The quantitative estimate of drug-likeness (QED) is 0.166. The van der Waals surface area contributed by atoms with Crippen LogP contribution < -0.4 is 0 Å². The summed E-state index contributed by atoms with van der Waals surface area (Å²) in [4.78, 5) is 33.0. The van der Waals surface area contributed by atoms with Crippen molar-refractivity contribution in [1.29, 1.82) is 0 Å². The highest BCUT2D eigenvalue weighted by atomic mass is 35.5. The van der Waals surface area contributed by atoms with Crippen molar-refractivity contribution < 1.29 is 14.7 Å². The van der Waals surface area contributed by atoms with Gasteiger partial charge >= 0.3 is 0 Å². The Bertz CT molecular complexity index is 1220. The summed E-state index contributed by atoms with van der Waals surface area (Å²) in [5.41, 5.74) is 1.87.